The first kappa shape index (κ1) is 17.2. The summed E-state index contributed by atoms with van der Waals surface area (Å²) in [7, 11) is 0. The Balaban J connectivity index is 1.40. The van der Waals surface area contributed by atoms with Crippen molar-refractivity contribution in [1.29, 1.82) is 0 Å². The van der Waals surface area contributed by atoms with Gasteiger partial charge in [0.05, 0.1) is 13.2 Å². The Labute approximate surface area is 141 Å². The summed E-state index contributed by atoms with van der Waals surface area (Å²) < 4.78 is 5.35. The van der Waals surface area contributed by atoms with Crippen LogP contribution in [0.1, 0.15) is 51.9 Å². The zero-order valence-corrected chi connectivity index (χ0v) is 14.8. The molecule has 2 atom stereocenters. The van der Waals surface area contributed by atoms with E-state index in [2.05, 4.69) is 11.8 Å². The van der Waals surface area contributed by atoms with Gasteiger partial charge in [0.2, 0.25) is 5.91 Å². The van der Waals surface area contributed by atoms with Gasteiger partial charge >= 0.3 is 0 Å². The molecule has 0 aromatic carbocycles. The highest BCUT2D eigenvalue weighted by Gasteiger charge is 2.30. The molecule has 3 fully saturated rings. The molecule has 0 N–H and O–H groups in total. The van der Waals surface area contributed by atoms with E-state index in [0.29, 0.717) is 19.1 Å². The highest BCUT2D eigenvalue weighted by Crippen LogP contribution is 2.32. The highest BCUT2D eigenvalue weighted by molar-refractivity contribution is 5.79. The van der Waals surface area contributed by atoms with E-state index in [9.17, 15) is 4.79 Å². The van der Waals surface area contributed by atoms with Crippen LogP contribution >= 0.6 is 0 Å². The number of morpholine rings is 1. The Morgan fingerprint density at radius 2 is 1.70 bits per heavy atom. The van der Waals surface area contributed by atoms with Crippen LogP contribution in [0.15, 0.2) is 0 Å². The summed E-state index contributed by atoms with van der Waals surface area (Å²) >= 11 is 0. The van der Waals surface area contributed by atoms with Crippen molar-refractivity contribution in [2.45, 2.75) is 51.9 Å². The third-order valence-electron chi connectivity index (χ3n) is 6.24. The minimum atomic E-state index is 0.263. The fourth-order valence-corrected chi connectivity index (χ4v) is 4.71. The Hall–Kier alpha value is -0.610. The standard InChI is InChI=1S/C19H34N2O2/c1-2-16-4-3-5-17(14-16)15-20-8-6-18(7-9-20)19(22)21-10-12-23-13-11-21/h16-18H,2-15H2,1H3/t16-,17-/m1/s1. The van der Waals surface area contributed by atoms with Gasteiger partial charge in [0.15, 0.2) is 0 Å². The lowest BCUT2D eigenvalue weighted by molar-refractivity contribution is -0.141. The molecular weight excluding hydrogens is 288 g/mol. The van der Waals surface area contributed by atoms with E-state index in [1.807, 2.05) is 4.90 Å². The van der Waals surface area contributed by atoms with Crippen molar-refractivity contribution in [3.05, 3.63) is 0 Å². The number of rotatable bonds is 4. The molecule has 23 heavy (non-hydrogen) atoms. The number of likely N-dealkylation sites (tertiary alicyclic amines) is 1. The van der Waals surface area contributed by atoms with Crippen LogP contribution in [-0.2, 0) is 9.53 Å². The van der Waals surface area contributed by atoms with Crippen molar-refractivity contribution in [3.8, 4) is 0 Å². The van der Waals surface area contributed by atoms with Crippen LogP contribution in [0, 0.1) is 17.8 Å². The molecule has 1 amide bonds. The van der Waals surface area contributed by atoms with E-state index in [1.54, 1.807) is 0 Å². The van der Waals surface area contributed by atoms with E-state index in [4.69, 9.17) is 4.74 Å². The maximum absolute atomic E-state index is 12.6. The highest BCUT2D eigenvalue weighted by atomic mass is 16.5. The summed E-state index contributed by atoms with van der Waals surface area (Å²) in [6.45, 7) is 8.86. The van der Waals surface area contributed by atoms with Crippen molar-refractivity contribution < 1.29 is 9.53 Å². The number of nitrogens with zero attached hydrogens (tertiary/aromatic N) is 2. The third-order valence-corrected chi connectivity index (χ3v) is 6.24. The minimum absolute atomic E-state index is 0.263. The summed E-state index contributed by atoms with van der Waals surface area (Å²) in [5, 5.41) is 0. The van der Waals surface area contributed by atoms with Crippen molar-refractivity contribution in [1.82, 2.24) is 9.80 Å². The molecule has 0 aromatic rings. The summed E-state index contributed by atoms with van der Waals surface area (Å²) in [6, 6.07) is 0. The van der Waals surface area contributed by atoms with Crippen LogP contribution in [0.5, 0.6) is 0 Å². The average Bonchev–Trinajstić information content (AvgIpc) is 2.63. The van der Waals surface area contributed by atoms with E-state index in [0.717, 1.165) is 50.9 Å². The van der Waals surface area contributed by atoms with Gasteiger partial charge in [-0.15, -0.1) is 0 Å². The second-order valence-electron chi connectivity index (χ2n) is 7.82. The topological polar surface area (TPSA) is 32.8 Å². The molecule has 2 heterocycles. The van der Waals surface area contributed by atoms with Gasteiger partial charge in [0.25, 0.3) is 0 Å². The number of ether oxygens (including phenoxy) is 1. The van der Waals surface area contributed by atoms with E-state index in [1.165, 1.54) is 38.6 Å². The molecule has 0 unspecified atom stereocenters. The predicted molar refractivity (Wildman–Crippen MR) is 92.3 cm³/mol. The molecular formula is C19H34N2O2. The summed E-state index contributed by atoms with van der Waals surface area (Å²) in [5.74, 6) is 2.52. The summed E-state index contributed by atoms with van der Waals surface area (Å²) in [4.78, 5) is 17.2. The first-order chi connectivity index (χ1) is 11.3. The van der Waals surface area contributed by atoms with Gasteiger partial charge in [-0.2, -0.15) is 0 Å². The molecule has 4 heteroatoms. The van der Waals surface area contributed by atoms with E-state index >= 15 is 0 Å². The lowest BCUT2D eigenvalue weighted by Crippen LogP contribution is -2.47. The molecule has 1 saturated carbocycles. The van der Waals surface area contributed by atoms with Crippen LogP contribution in [0.4, 0.5) is 0 Å². The fraction of sp³-hybridized carbons (Fsp3) is 0.947. The Morgan fingerprint density at radius 1 is 1.00 bits per heavy atom. The summed E-state index contributed by atoms with van der Waals surface area (Å²) in [6.07, 6.45) is 9.19. The normalized spacial score (nSPS) is 31.3. The number of hydrogen-bond acceptors (Lipinski definition) is 3. The van der Waals surface area contributed by atoms with Gasteiger partial charge in [0.1, 0.15) is 0 Å². The number of hydrogen-bond donors (Lipinski definition) is 0. The summed E-state index contributed by atoms with van der Waals surface area (Å²) in [5.41, 5.74) is 0. The average molecular weight is 322 g/mol. The van der Waals surface area contributed by atoms with E-state index in [-0.39, 0.29) is 5.92 Å². The van der Waals surface area contributed by atoms with E-state index < -0.39 is 0 Å². The lowest BCUT2D eigenvalue weighted by Gasteiger charge is -2.38. The first-order valence-electron chi connectivity index (χ1n) is 9.85. The van der Waals surface area contributed by atoms with Crippen LogP contribution < -0.4 is 0 Å². The van der Waals surface area contributed by atoms with Crippen LogP contribution in [0.3, 0.4) is 0 Å². The van der Waals surface area contributed by atoms with Crippen LogP contribution in [0.25, 0.3) is 0 Å². The Kier molecular flexibility index (Phi) is 6.35. The predicted octanol–water partition coefficient (Wildman–Crippen LogP) is 2.77. The number of amides is 1. The zero-order chi connectivity index (χ0) is 16.1. The second-order valence-corrected chi connectivity index (χ2v) is 7.82. The zero-order valence-electron chi connectivity index (χ0n) is 14.8. The smallest absolute Gasteiger partial charge is 0.225 e. The number of carbonyl (C=O) groups is 1. The molecule has 0 aromatic heterocycles. The maximum Gasteiger partial charge on any atom is 0.225 e. The molecule has 1 aliphatic carbocycles. The monoisotopic (exact) mass is 322 g/mol. The molecule has 2 saturated heterocycles. The van der Waals surface area contributed by atoms with Gasteiger partial charge in [-0.3, -0.25) is 4.79 Å². The van der Waals surface area contributed by atoms with Gasteiger partial charge in [-0.1, -0.05) is 26.2 Å². The van der Waals surface area contributed by atoms with Crippen molar-refractivity contribution in [2.75, 3.05) is 45.9 Å². The first-order valence-corrected chi connectivity index (χ1v) is 9.85. The minimum Gasteiger partial charge on any atom is -0.378 e. The fourth-order valence-electron chi connectivity index (χ4n) is 4.71. The molecule has 132 valence electrons. The molecule has 2 aliphatic heterocycles. The largest absolute Gasteiger partial charge is 0.378 e. The van der Waals surface area contributed by atoms with Crippen molar-refractivity contribution in [3.63, 3.8) is 0 Å². The van der Waals surface area contributed by atoms with Crippen LogP contribution in [-0.4, -0.2) is 61.6 Å². The second kappa shape index (κ2) is 8.48. The lowest BCUT2D eigenvalue weighted by atomic mass is 9.79. The molecule has 0 spiro atoms. The quantitative estimate of drug-likeness (QED) is 0.798. The number of piperidine rings is 1. The maximum atomic E-state index is 12.6. The number of carbonyl (C=O) groups excluding carboxylic acids is 1. The molecule has 0 bridgehead atoms. The SMILES string of the molecule is CC[C@@H]1CCC[C@@H](CN2CCC(C(=O)N3CCOCC3)CC2)C1. The van der Waals surface area contributed by atoms with Crippen molar-refractivity contribution in [2.24, 2.45) is 17.8 Å². The molecule has 4 nitrogen and oxygen atoms in total. The van der Waals surface area contributed by atoms with Gasteiger partial charge in [0, 0.05) is 25.6 Å². The Morgan fingerprint density at radius 3 is 2.39 bits per heavy atom. The molecule has 3 rings (SSSR count). The van der Waals surface area contributed by atoms with Gasteiger partial charge in [-0.05, 0) is 50.6 Å². The Bertz CT molecular complexity index is 374. The van der Waals surface area contributed by atoms with Gasteiger partial charge in [-0.25, -0.2) is 0 Å². The molecule has 3 aliphatic rings. The third kappa shape index (κ3) is 4.69. The van der Waals surface area contributed by atoms with Crippen molar-refractivity contribution >= 4 is 5.91 Å². The van der Waals surface area contributed by atoms with Gasteiger partial charge < -0.3 is 14.5 Å². The molecule has 0 radical (unpaired) electrons. The van der Waals surface area contributed by atoms with Crippen LogP contribution in [0.2, 0.25) is 0 Å².